The van der Waals surface area contributed by atoms with Gasteiger partial charge in [0.1, 0.15) is 5.82 Å². The van der Waals surface area contributed by atoms with Crippen LogP contribution in [0.5, 0.6) is 0 Å². The fourth-order valence-corrected chi connectivity index (χ4v) is 2.46. The molecule has 0 aliphatic carbocycles. The van der Waals surface area contributed by atoms with Gasteiger partial charge in [0.25, 0.3) is 0 Å². The monoisotopic (exact) mass is 207 g/mol. The first-order chi connectivity index (χ1) is 6.83. The molecular weight excluding hydrogens is 194 g/mol. The van der Waals surface area contributed by atoms with E-state index < -0.39 is 0 Å². The van der Waals surface area contributed by atoms with Crippen molar-refractivity contribution in [2.24, 2.45) is 0 Å². The Morgan fingerprint density at radius 1 is 1.57 bits per heavy atom. The summed E-state index contributed by atoms with van der Waals surface area (Å²) in [5.74, 6) is 0.727. The van der Waals surface area contributed by atoms with Gasteiger partial charge in [0.15, 0.2) is 0 Å². The summed E-state index contributed by atoms with van der Waals surface area (Å²) >= 11 is 1.75. The molecule has 0 aromatic carbocycles. The maximum atomic E-state index is 5.83. The van der Waals surface area contributed by atoms with Crippen LogP contribution in [0.25, 0.3) is 0 Å². The van der Waals surface area contributed by atoms with Crippen LogP contribution in [0.2, 0.25) is 0 Å². The van der Waals surface area contributed by atoms with Crippen molar-refractivity contribution in [3.8, 4) is 0 Å². The lowest BCUT2D eigenvalue weighted by Crippen LogP contribution is -2.12. The number of rotatable bonds is 3. The highest BCUT2D eigenvalue weighted by molar-refractivity contribution is 7.10. The fraction of sp³-hybridized carbons (Fsp3) is 0.300. The Labute approximate surface area is 87.2 Å². The number of thiophene rings is 1. The molecule has 0 bridgehead atoms. The number of aromatic nitrogens is 2. The molecule has 0 aliphatic heterocycles. The van der Waals surface area contributed by atoms with Gasteiger partial charge in [-0.2, -0.15) is 5.10 Å². The van der Waals surface area contributed by atoms with E-state index in [1.54, 1.807) is 17.5 Å². The van der Waals surface area contributed by atoms with Crippen molar-refractivity contribution < 1.29 is 0 Å². The van der Waals surface area contributed by atoms with Gasteiger partial charge in [-0.3, -0.25) is 0 Å². The van der Waals surface area contributed by atoms with Crippen LogP contribution in [0.3, 0.4) is 0 Å². The third kappa shape index (κ3) is 1.53. The summed E-state index contributed by atoms with van der Waals surface area (Å²) in [5, 5.41) is 6.32. The topological polar surface area (TPSA) is 43.8 Å². The first-order valence-electron chi connectivity index (χ1n) is 4.65. The van der Waals surface area contributed by atoms with Crippen LogP contribution in [0.15, 0.2) is 29.8 Å². The van der Waals surface area contributed by atoms with Gasteiger partial charge in [0, 0.05) is 4.88 Å². The van der Waals surface area contributed by atoms with Gasteiger partial charge in [0.05, 0.1) is 12.2 Å². The van der Waals surface area contributed by atoms with Crippen molar-refractivity contribution in [3.05, 3.63) is 34.7 Å². The molecule has 0 aliphatic rings. The van der Waals surface area contributed by atoms with E-state index in [4.69, 9.17) is 5.73 Å². The molecule has 0 amide bonds. The number of anilines is 1. The van der Waals surface area contributed by atoms with Crippen molar-refractivity contribution in [3.63, 3.8) is 0 Å². The quantitative estimate of drug-likeness (QED) is 0.840. The van der Waals surface area contributed by atoms with Crippen LogP contribution in [0.4, 0.5) is 5.82 Å². The average Bonchev–Trinajstić information content (AvgIpc) is 2.80. The third-order valence-electron chi connectivity index (χ3n) is 2.25. The second-order valence-electron chi connectivity index (χ2n) is 3.14. The van der Waals surface area contributed by atoms with Crippen LogP contribution in [0, 0.1) is 0 Å². The van der Waals surface area contributed by atoms with Crippen LogP contribution < -0.4 is 5.73 Å². The highest BCUT2D eigenvalue weighted by atomic mass is 32.1. The summed E-state index contributed by atoms with van der Waals surface area (Å²) in [6.07, 6.45) is 2.75. The van der Waals surface area contributed by atoms with Crippen LogP contribution in [0.1, 0.15) is 24.3 Å². The standard InChI is InChI=1S/C10H13N3S/c1-2-8(9-4-3-7-14-9)13-10(11)5-6-12-13/h3-8H,2,11H2,1H3. The Hall–Kier alpha value is -1.29. The Kier molecular flexibility index (Phi) is 2.54. The lowest BCUT2D eigenvalue weighted by molar-refractivity contribution is 0.524. The minimum Gasteiger partial charge on any atom is -0.384 e. The zero-order valence-corrected chi connectivity index (χ0v) is 8.87. The van der Waals surface area contributed by atoms with E-state index in [1.165, 1.54) is 4.88 Å². The molecule has 2 N–H and O–H groups in total. The molecule has 0 saturated heterocycles. The van der Waals surface area contributed by atoms with Crippen LogP contribution >= 0.6 is 11.3 Å². The van der Waals surface area contributed by atoms with E-state index in [0.29, 0.717) is 0 Å². The van der Waals surface area contributed by atoms with E-state index in [2.05, 4.69) is 29.5 Å². The van der Waals surface area contributed by atoms with Crippen LogP contribution in [-0.2, 0) is 0 Å². The van der Waals surface area contributed by atoms with Gasteiger partial charge in [-0.05, 0) is 23.9 Å². The fourth-order valence-electron chi connectivity index (χ4n) is 1.56. The van der Waals surface area contributed by atoms with E-state index in [9.17, 15) is 0 Å². The lowest BCUT2D eigenvalue weighted by Gasteiger charge is -2.15. The summed E-state index contributed by atoms with van der Waals surface area (Å²) in [4.78, 5) is 1.31. The first-order valence-corrected chi connectivity index (χ1v) is 5.53. The molecule has 2 aromatic rings. The third-order valence-corrected chi connectivity index (χ3v) is 3.23. The second-order valence-corrected chi connectivity index (χ2v) is 4.12. The van der Waals surface area contributed by atoms with Crippen molar-refractivity contribution in [2.75, 3.05) is 5.73 Å². The SMILES string of the molecule is CCC(c1cccs1)n1nccc1N. The molecule has 14 heavy (non-hydrogen) atoms. The zero-order chi connectivity index (χ0) is 9.97. The molecule has 4 heteroatoms. The summed E-state index contributed by atoms with van der Waals surface area (Å²) in [7, 11) is 0. The number of hydrogen-bond donors (Lipinski definition) is 1. The van der Waals surface area contributed by atoms with Crippen molar-refractivity contribution >= 4 is 17.2 Å². The molecule has 3 nitrogen and oxygen atoms in total. The number of nitrogens with two attached hydrogens (primary N) is 1. The molecule has 2 rings (SSSR count). The van der Waals surface area contributed by atoms with Crippen LogP contribution in [-0.4, -0.2) is 9.78 Å². The summed E-state index contributed by atoms with van der Waals surface area (Å²) < 4.78 is 1.88. The predicted octanol–water partition coefficient (Wildman–Crippen LogP) is 2.53. The number of hydrogen-bond acceptors (Lipinski definition) is 3. The zero-order valence-electron chi connectivity index (χ0n) is 8.05. The molecule has 0 saturated carbocycles. The molecule has 0 radical (unpaired) electrons. The Morgan fingerprint density at radius 2 is 2.43 bits per heavy atom. The van der Waals surface area contributed by atoms with E-state index in [-0.39, 0.29) is 6.04 Å². The minimum atomic E-state index is 0.282. The van der Waals surface area contributed by atoms with Gasteiger partial charge in [-0.15, -0.1) is 11.3 Å². The normalized spacial score (nSPS) is 12.9. The van der Waals surface area contributed by atoms with Gasteiger partial charge >= 0.3 is 0 Å². The van der Waals surface area contributed by atoms with E-state index >= 15 is 0 Å². The molecule has 1 atom stereocenters. The first kappa shape index (κ1) is 9.27. The second kappa shape index (κ2) is 3.84. The summed E-state index contributed by atoms with van der Waals surface area (Å²) in [6.45, 7) is 2.14. The van der Waals surface area contributed by atoms with Gasteiger partial charge in [-0.1, -0.05) is 13.0 Å². The van der Waals surface area contributed by atoms with Crippen molar-refractivity contribution in [1.82, 2.24) is 9.78 Å². The highest BCUT2D eigenvalue weighted by Gasteiger charge is 2.14. The van der Waals surface area contributed by atoms with Gasteiger partial charge in [-0.25, -0.2) is 4.68 Å². The Bertz CT molecular complexity index is 391. The average molecular weight is 207 g/mol. The molecule has 0 spiro atoms. The number of nitrogen functional groups attached to an aromatic ring is 1. The molecular formula is C10H13N3S. The van der Waals surface area contributed by atoms with E-state index in [0.717, 1.165) is 12.2 Å². The molecule has 1 unspecified atom stereocenters. The smallest absolute Gasteiger partial charge is 0.122 e. The molecule has 74 valence electrons. The van der Waals surface area contributed by atoms with E-state index in [1.807, 2.05) is 10.7 Å². The van der Waals surface area contributed by atoms with Crippen molar-refractivity contribution in [1.29, 1.82) is 0 Å². The summed E-state index contributed by atoms with van der Waals surface area (Å²) in [5.41, 5.74) is 5.83. The van der Waals surface area contributed by atoms with Gasteiger partial charge in [0.2, 0.25) is 0 Å². The minimum absolute atomic E-state index is 0.282. The Morgan fingerprint density at radius 3 is 2.93 bits per heavy atom. The largest absolute Gasteiger partial charge is 0.384 e. The van der Waals surface area contributed by atoms with Crippen molar-refractivity contribution in [2.45, 2.75) is 19.4 Å². The maximum Gasteiger partial charge on any atom is 0.122 e. The summed E-state index contributed by atoms with van der Waals surface area (Å²) in [6, 6.07) is 6.29. The molecule has 2 heterocycles. The predicted molar refractivity (Wildman–Crippen MR) is 59.4 cm³/mol. The molecule has 2 aromatic heterocycles. The highest BCUT2D eigenvalue weighted by Crippen LogP contribution is 2.27. The Balaban J connectivity index is 2.36. The molecule has 0 fully saturated rings. The van der Waals surface area contributed by atoms with Gasteiger partial charge < -0.3 is 5.73 Å². The number of nitrogens with zero attached hydrogens (tertiary/aromatic N) is 2. The maximum absolute atomic E-state index is 5.83. The lowest BCUT2D eigenvalue weighted by atomic mass is 10.2.